The molecule has 32 atom stereocenters. The van der Waals surface area contributed by atoms with Crippen LogP contribution in [0.3, 0.4) is 0 Å². The third-order valence-corrected chi connectivity index (χ3v) is 45.5. The van der Waals surface area contributed by atoms with Gasteiger partial charge in [0.05, 0.1) is 61.5 Å². The number of ketones is 5. The summed E-state index contributed by atoms with van der Waals surface area (Å²) in [7, 11) is 0. The van der Waals surface area contributed by atoms with Crippen LogP contribution in [0.4, 0.5) is 0 Å². The van der Waals surface area contributed by atoms with Crippen molar-refractivity contribution in [2.24, 2.45) is 136 Å². The normalized spacial score (nSPS) is 49.7. The lowest BCUT2D eigenvalue weighted by atomic mass is 9.43. The lowest BCUT2D eigenvalue weighted by Gasteiger charge is -2.65. The van der Waals surface area contributed by atoms with Gasteiger partial charge in [-0.25, -0.2) is 0 Å². The maximum atomic E-state index is 13.3. The van der Waals surface area contributed by atoms with Crippen LogP contribution in [0.1, 0.15) is 310 Å². The molecule has 18 rings (SSSR count). The molecule has 0 unspecified atom stereocenters. The van der Waals surface area contributed by atoms with Crippen LogP contribution in [-0.4, -0.2) is 113 Å². The van der Waals surface area contributed by atoms with Crippen molar-refractivity contribution in [2.45, 2.75) is 358 Å². The number of aromatic nitrogens is 4. The Morgan fingerprint density at radius 3 is 1.15 bits per heavy atom. The number of carbonyl (C=O) groups excluding carboxylic acids is 5. The highest BCUT2D eigenvalue weighted by Crippen LogP contribution is 2.80. The Balaban J connectivity index is 0.000000126. The highest BCUT2D eigenvalue weighted by atomic mass is 35.5. The summed E-state index contributed by atoms with van der Waals surface area (Å²) in [4.78, 5) is 61.8. The standard InChI is InChI=1S/2C27H39ClN2O2.C26H37ClO2.C24H33ClO3/c1-7-22(31)26(6)16(3)11-20-19-10-9-18-12-21-17(15-30(8-2)29-21)13-24(18,4)27(19,28)23(32)14-25(20,26)5;1-7-22(31)26(6)16(3)11-20-19-10-9-18-12-21-17(15-29-30(21)8-2)13-24(18,4)27(19,28)23(32)14-25(20,26)5;1-7-17-11-12-23(4)18(14-17)9-10-19-20-13-16(3)25(6,21(28)8-2)24(20,5)15-22(29)26(19,23)27;1-6-19(27)23(5)14(2)11-18-17-8-7-15-12-16(26)9-10-21(15,3)24(17,25)20(28)13-22(18,23)4/h2*12,15-16,19-20,23,32H,7-11,13-14H2,1-6H3;7,11-12,14,16,19-20,22,29H,8-10,13,15H2,1-6H3;9-10,12,14,17-18,20,28H,6-8,11,13H2,1-5H3/b;;17-7+;/t2*16-,19-,20-,23-,24-,25-,26+,27-;16-,19-,20-,22-,23-,24-,25+,26-;14-,17-,18-,20-,21-,22-,23+,24-/m0000/s1. The summed E-state index contributed by atoms with van der Waals surface area (Å²) in [6.45, 7) is 51.5. The predicted octanol–water partition coefficient (Wildman–Crippen LogP) is 22.4. The van der Waals surface area contributed by atoms with Crippen molar-refractivity contribution in [1.82, 2.24) is 19.6 Å². The number of aliphatic hydroxyl groups is 4. The molecular weight excluding hydrogens is 1590 g/mol. The summed E-state index contributed by atoms with van der Waals surface area (Å²) in [5.41, 5.74) is 7.13. The number of hydrogen-bond acceptors (Lipinski definition) is 11. The van der Waals surface area contributed by atoms with E-state index in [-0.39, 0.29) is 78.7 Å². The second-order valence-corrected chi connectivity index (χ2v) is 47.3. The lowest BCUT2D eigenvalue weighted by molar-refractivity contribution is -0.153. The number of rotatable bonds is 10. The van der Waals surface area contributed by atoms with Crippen LogP contribution in [0.15, 0.2) is 82.8 Å². The molecule has 0 bridgehead atoms. The molecule has 0 saturated heterocycles. The minimum atomic E-state index is -0.835. The molecule has 0 radical (unpaired) electrons. The molecule has 0 aliphatic heterocycles. The van der Waals surface area contributed by atoms with E-state index >= 15 is 0 Å². The van der Waals surface area contributed by atoms with E-state index in [9.17, 15) is 44.4 Å². The van der Waals surface area contributed by atoms with Gasteiger partial charge in [-0.3, -0.25) is 33.3 Å². The number of hydrogen-bond donors (Lipinski definition) is 4. The SMILES string of the molecule is C/C=C1\C=C[C@@]2(C)C(=C1)CC[C@H]1[C@@H]3C[C@H](C)[C@](C)(C(=O)CC)[C@@]3(C)C[C@H](O)[C@@]12Cl.CCC(=O)[C@@]1(C)[C@@H](C)C[C@H]2[C@@H]3CCC4=CC(=O)C=C[C@]4(C)[C@@]3(Cl)[C@@H](O)C[C@@]21C.CCC(=O)[C@@]1(C)[C@@H](C)C[C@H]2[C@@H]3CCC4=Cc5c(cnn5CC)C[C@]4(C)[C@@]3(Cl)[C@@H](O)C[C@@]21C.CCC(=O)[C@@]1(C)[C@@H](C)C[C@H]2[C@@H]3CCC4=Cc5nn(CC)cc5C[C@]4(C)[C@@]3(Cl)[C@@H](O)C[C@@]21C. The van der Waals surface area contributed by atoms with Crippen molar-refractivity contribution in [3.05, 3.63) is 105 Å². The molecular formula is C104H148Cl4N4O9. The van der Waals surface area contributed by atoms with Gasteiger partial charge in [0.1, 0.15) is 23.1 Å². The molecule has 4 N–H and O–H groups in total. The molecule has 666 valence electrons. The molecule has 2 heterocycles. The van der Waals surface area contributed by atoms with Crippen molar-refractivity contribution >= 4 is 87.5 Å². The summed E-state index contributed by atoms with van der Waals surface area (Å²) in [6.07, 6.45) is 38.2. The predicted molar refractivity (Wildman–Crippen MR) is 488 cm³/mol. The Morgan fingerprint density at radius 2 is 0.785 bits per heavy atom. The lowest BCUT2D eigenvalue weighted by Crippen LogP contribution is -2.68. The van der Waals surface area contributed by atoms with E-state index in [0.29, 0.717) is 116 Å². The molecule has 0 amide bonds. The third kappa shape index (κ3) is 11.6. The Hall–Kier alpha value is -4.05. The minimum Gasteiger partial charge on any atom is -0.391 e. The largest absolute Gasteiger partial charge is 0.391 e. The van der Waals surface area contributed by atoms with Gasteiger partial charge in [0, 0.05) is 88.3 Å². The number of fused-ring (bicyclic) bond motifs is 22. The summed E-state index contributed by atoms with van der Waals surface area (Å²) in [5.74, 6) is 4.70. The van der Waals surface area contributed by atoms with Gasteiger partial charge in [-0.15, -0.1) is 46.4 Å². The van der Waals surface area contributed by atoms with E-state index in [1.807, 2.05) is 44.6 Å². The van der Waals surface area contributed by atoms with E-state index in [2.05, 4.69) is 184 Å². The monoisotopic (exact) mass is 1740 g/mol. The van der Waals surface area contributed by atoms with Crippen LogP contribution in [0.25, 0.3) is 12.2 Å². The third-order valence-electron chi connectivity index (χ3n) is 41.8. The maximum Gasteiger partial charge on any atom is 0.178 e. The number of halogens is 4. The number of nitrogens with zero attached hydrogens (tertiary/aromatic N) is 4. The number of carbonyl (C=O) groups is 5. The first-order chi connectivity index (χ1) is 56.4. The van der Waals surface area contributed by atoms with Gasteiger partial charge in [0.25, 0.3) is 0 Å². The van der Waals surface area contributed by atoms with E-state index < -0.39 is 65.6 Å². The molecule has 0 aromatic carbocycles. The molecule has 121 heavy (non-hydrogen) atoms. The smallest absolute Gasteiger partial charge is 0.178 e. The van der Waals surface area contributed by atoms with Crippen molar-refractivity contribution in [2.75, 3.05) is 0 Å². The second kappa shape index (κ2) is 30.3. The van der Waals surface area contributed by atoms with Crippen LogP contribution in [0.2, 0.25) is 0 Å². The van der Waals surface area contributed by atoms with Crippen LogP contribution in [0.5, 0.6) is 0 Å². The Labute approximate surface area is 745 Å². The number of aliphatic hydroxyl groups excluding tert-OH is 4. The van der Waals surface area contributed by atoms with E-state index in [1.165, 1.54) is 39.1 Å². The zero-order valence-electron chi connectivity index (χ0n) is 77.7. The molecule has 12 saturated carbocycles. The van der Waals surface area contributed by atoms with Crippen LogP contribution in [0, 0.1) is 136 Å². The van der Waals surface area contributed by atoms with Crippen LogP contribution < -0.4 is 0 Å². The number of Topliss-reactive ketones (excluding diaryl/α,β-unsaturated/α-hetero) is 4. The average Bonchev–Trinajstić information content (AvgIpc) is 1.26. The maximum absolute atomic E-state index is 13.3. The Bertz CT molecular complexity index is 4790. The minimum absolute atomic E-state index is 0.0111. The van der Waals surface area contributed by atoms with Crippen molar-refractivity contribution in [3.63, 3.8) is 0 Å². The summed E-state index contributed by atoms with van der Waals surface area (Å²) >= 11 is 30.5. The van der Waals surface area contributed by atoms with Gasteiger partial charge in [0.15, 0.2) is 5.78 Å². The number of allylic oxidation sites excluding steroid dienone is 12. The van der Waals surface area contributed by atoms with Gasteiger partial charge >= 0.3 is 0 Å². The van der Waals surface area contributed by atoms with Gasteiger partial charge in [0.2, 0.25) is 0 Å². The molecule has 12 fully saturated rings. The molecule has 2 aromatic heterocycles. The summed E-state index contributed by atoms with van der Waals surface area (Å²) in [6, 6.07) is 0. The average molecular weight is 1740 g/mol. The van der Waals surface area contributed by atoms with Gasteiger partial charge < -0.3 is 20.4 Å². The molecule has 13 nitrogen and oxygen atoms in total. The van der Waals surface area contributed by atoms with Gasteiger partial charge in [-0.1, -0.05) is 191 Å². The zero-order chi connectivity index (χ0) is 88.6. The topological polar surface area (TPSA) is 202 Å². The quantitative estimate of drug-likeness (QED) is 0.165. The van der Waals surface area contributed by atoms with Gasteiger partial charge in [-0.05, 0) is 270 Å². The highest BCUT2D eigenvalue weighted by Gasteiger charge is 2.79. The molecule has 2 aromatic rings. The fourth-order valence-electron chi connectivity index (χ4n) is 33.4. The Kier molecular flexibility index (Phi) is 22.9. The second-order valence-electron chi connectivity index (χ2n) is 44.8. The molecule has 16 aliphatic rings. The Morgan fingerprint density at radius 1 is 0.446 bits per heavy atom. The first-order valence-electron chi connectivity index (χ1n) is 47.6. The van der Waals surface area contributed by atoms with Gasteiger partial charge in [-0.2, -0.15) is 10.2 Å². The first kappa shape index (κ1) is 91.7. The fraction of sp³-hybridized carbons (Fsp3) is 0.760. The van der Waals surface area contributed by atoms with Crippen LogP contribution in [-0.2, 0) is 49.9 Å². The van der Waals surface area contributed by atoms with E-state index in [4.69, 9.17) is 51.5 Å². The number of alkyl halides is 4. The fourth-order valence-corrected chi connectivity index (χ4v) is 35.5. The number of aryl methyl sites for hydroxylation is 2. The molecule has 0 spiro atoms. The van der Waals surface area contributed by atoms with Crippen molar-refractivity contribution in [3.8, 4) is 0 Å². The molecule has 16 aliphatic carbocycles. The van der Waals surface area contributed by atoms with Crippen molar-refractivity contribution < 1.29 is 44.4 Å². The first-order valence-corrected chi connectivity index (χ1v) is 49.1. The van der Waals surface area contributed by atoms with Crippen LogP contribution >= 0.6 is 46.4 Å². The van der Waals surface area contributed by atoms with E-state index in [1.54, 1.807) is 12.2 Å². The molecule has 17 heteroatoms. The van der Waals surface area contributed by atoms with E-state index in [0.717, 1.165) is 114 Å². The summed E-state index contributed by atoms with van der Waals surface area (Å²) in [5, 5.41) is 56.3. The summed E-state index contributed by atoms with van der Waals surface area (Å²) < 4.78 is 4.08. The highest BCUT2D eigenvalue weighted by molar-refractivity contribution is 6.27. The van der Waals surface area contributed by atoms with Crippen molar-refractivity contribution in [1.29, 1.82) is 0 Å². The zero-order valence-corrected chi connectivity index (χ0v) is 80.7.